The summed E-state index contributed by atoms with van der Waals surface area (Å²) in [5.41, 5.74) is 0.410. The van der Waals surface area contributed by atoms with Crippen molar-refractivity contribution in [1.82, 2.24) is 10.0 Å². The van der Waals surface area contributed by atoms with E-state index < -0.39 is 10.0 Å². The van der Waals surface area contributed by atoms with Crippen molar-refractivity contribution in [2.75, 3.05) is 19.3 Å². The van der Waals surface area contributed by atoms with Crippen LogP contribution in [0.1, 0.15) is 10.4 Å². The molecule has 2 N–H and O–H groups in total. The first-order valence-electron chi connectivity index (χ1n) is 5.00. The molecule has 0 aromatic heterocycles. The van der Waals surface area contributed by atoms with E-state index in [1.807, 2.05) is 0 Å². The predicted molar refractivity (Wildman–Crippen MR) is 74.3 cm³/mol. The molecule has 1 amide bonds. The summed E-state index contributed by atoms with van der Waals surface area (Å²) in [5.74, 6) is -0.511. The molecular formula is C10H12BrClN2O3S. The second-order valence-corrected chi connectivity index (χ2v) is 6.72. The zero-order chi connectivity index (χ0) is 13.8. The van der Waals surface area contributed by atoms with E-state index in [1.165, 1.54) is 7.05 Å². The highest BCUT2D eigenvalue weighted by Gasteiger charge is 2.10. The Morgan fingerprint density at radius 1 is 1.44 bits per heavy atom. The third-order valence-electron chi connectivity index (χ3n) is 2.15. The van der Waals surface area contributed by atoms with Crippen molar-refractivity contribution in [1.29, 1.82) is 0 Å². The molecule has 0 aliphatic carbocycles. The topological polar surface area (TPSA) is 75.3 Å². The first-order chi connectivity index (χ1) is 8.35. The number of carbonyl (C=O) groups is 1. The number of carbonyl (C=O) groups excluding carboxylic acids is 1. The van der Waals surface area contributed by atoms with Gasteiger partial charge in [-0.25, -0.2) is 13.1 Å². The van der Waals surface area contributed by atoms with E-state index in [1.54, 1.807) is 18.2 Å². The van der Waals surface area contributed by atoms with Gasteiger partial charge in [-0.2, -0.15) is 0 Å². The maximum absolute atomic E-state index is 11.7. The van der Waals surface area contributed by atoms with E-state index >= 15 is 0 Å². The molecule has 0 aliphatic heterocycles. The van der Waals surface area contributed by atoms with Crippen LogP contribution in [0, 0.1) is 0 Å². The highest BCUT2D eigenvalue weighted by atomic mass is 79.9. The largest absolute Gasteiger partial charge is 0.351 e. The minimum atomic E-state index is -3.31. The van der Waals surface area contributed by atoms with E-state index in [0.29, 0.717) is 15.1 Å². The number of benzene rings is 1. The van der Waals surface area contributed by atoms with Crippen LogP contribution in [0.25, 0.3) is 0 Å². The maximum Gasteiger partial charge on any atom is 0.251 e. The van der Waals surface area contributed by atoms with E-state index in [4.69, 9.17) is 11.6 Å². The predicted octanol–water partition coefficient (Wildman–Crippen LogP) is 1.38. The van der Waals surface area contributed by atoms with Crippen molar-refractivity contribution < 1.29 is 13.2 Å². The molecule has 1 aromatic rings. The fraction of sp³-hybridized carbons (Fsp3) is 0.300. The van der Waals surface area contributed by atoms with Gasteiger partial charge in [-0.3, -0.25) is 4.79 Å². The lowest BCUT2D eigenvalue weighted by Crippen LogP contribution is -2.32. The lowest BCUT2D eigenvalue weighted by molar-refractivity contribution is 0.0956. The maximum atomic E-state index is 11.7. The van der Waals surface area contributed by atoms with E-state index in [9.17, 15) is 13.2 Å². The first-order valence-corrected chi connectivity index (χ1v) is 7.82. The normalized spacial score (nSPS) is 11.3. The fourth-order valence-electron chi connectivity index (χ4n) is 1.14. The molecule has 0 fully saturated rings. The average molecular weight is 356 g/mol. The molecule has 1 rings (SSSR count). The second-order valence-electron chi connectivity index (χ2n) is 3.41. The Morgan fingerprint density at radius 3 is 2.67 bits per heavy atom. The monoisotopic (exact) mass is 354 g/mol. The van der Waals surface area contributed by atoms with Crippen LogP contribution in [0.2, 0.25) is 5.02 Å². The summed E-state index contributed by atoms with van der Waals surface area (Å²) in [5, 5.41) is 3.02. The van der Waals surface area contributed by atoms with Gasteiger partial charge >= 0.3 is 0 Å². The van der Waals surface area contributed by atoms with Crippen LogP contribution in [0.15, 0.2) is 22.7 Å². The summed E-state index contributed by atoms with van der Waals surface area (Å²) in [6.45, 7) is 0.0439. The lowest BCUT2D eigenvalue weighted by Gasteiger charge is -2.06. The number of amides is 1. The molecule has 0 saturated heterocycles. The average Bonchev–Trinajstić information content (AvgIpc) is 2.32. The molecule has 100 valence electrons. The molecule has 0 heterocycles. The Balaban J connectivity index is 2.58. The Labute approximate surface area is 119 Å². The van der Waals surface area contributed by atoms with Crippen molar-refractivity contribution in [2.45, 2.75) is 0 Å². The minimum absolute atomic E-state index is 0.0439. The highest BCUT2D eigenvalue weighted by Crippen LogP contribution is 2.23. The van der Waals surface area contributed by atoms with E-state index in [0.717, 1.165) is 0 Å². The van der Waals surface area contributed by atoms with Gasteiger partial charge in [-0.15, -0.1) is 0 Å². The van der Waals surface area contributed by atoms with Crippen LogP contribution in [-0.2, 0) is 10.0 Å². The molecule has 0 aliphatic rings. The molecule has 0 spiro atoms. The smallest absolute Gasteiger partial charge is 0.251 e. The summed E-state index contributed by atoms with van der Waals surface area (Å²) in [4.78, 5) is 11.7. The third-order valence-corrected chi connectivity index (χ3v) is 4.73. The van der Waals surface area contributed by atoms with Gasteiger partial charge in [0.25, 0.3) is 5.91 Å². The van der Waals surface area contributed by atoms with Gasteiger partial charge in [0.05, 0.1) is 10.8 Å². The minimum Gasteiger partial charge on any atom is -0.351 e. The number of halogens is 2. The fourth-order valence-corrected chi connectivity index (χ4v) is 2.21. The molecule has 0 saturated carbocycles. The van der Waals surface area contributed by atoms with Crippen molar-refractivity contribution in [3.05, 3.63) is 33.3 Å². The van der Waals surface area contributed by atoms with Gasteiger partial charge in [0.2, 0.25) is 10.0 Å². The number of rotatable bonds is 5. The van der Waals surface area contributed by atoms with Crippen LogP contribution in [0.5, 0.6) is 0 Å². The Kier molecular flexibility index (Phi) is 5.58. The van der Waals surface area contributed by atoms with Gasteiger partial charge in [0, 0.05) is 16.6 Å². The molecule has 1 aromatic carbocycles. The standard InChI is InChI=1S/C10H12BrClN2O3S/c1-13-18(16,17)5-4-14-10(15)7-2-3-9(12)8(11)6-7/h2-3,6,13H,4-5H2,1H3,(H,14,15). The van der Waals surface area contributed by atoms with Gasteiger partial charge in [-0.1, -0.05) is 11.6 Å². The first kappa shape index (κ1) is 15.4. The highest BCUT2D eigenvalue weighted by molar-refractivity contribution is 9.10. The van der Waals surface area contributed by atoms with E-state index in [-0.39, 0.29) is 18.2 Å². The second kappa shape index (κ2) is 6.51. The van der Waals surface area contributed by atoms with Crippen LogP contribution < -0.4 is 10.0 Å². The van der Waals surface area contributed by atoms with Crippen LogP contribution >= 0.6 is 27.5 Å². The lowest BCUT2D eigenvalue weighted by atomic mass is 10.2. The Bertz CT molecular complexity index is 548. The van der Waals surface area contributed by atoms with Gasteiger partial charge < -0.3 is 5.32 Å². The summed E-state index contributed by atoms with van der Waals surface area (Å²) < 4.78 is 25.0. The Hall–Kier alpha value is -0.630. The number of hydrogen-bond donors (Lipinski definition) is 2. The Morgan fingerprint density at radius 2 is 2.11 bits per heavy atom. The summed E-state index contributed by atoms with van der Waals surface area (Å²) >= 11 is 9.01. The molecule has 0 radical (unpaired) electrons. The molecular weight excluding hydrogens is 344 g/mol. The summed E-state index contributed by atoms with van der Waals surface area (Å²) in [6.07, 6.45) is 0. The molecule has 0 atom stereocenters. The number of sulfonamides is 1. The zero-order valence-corrected chi connectivity index (χ0v) is 12.7. The number of nitrogens with one attached hydrogen (secondary N) is 2. The molecule has 0 unspecified atom stereocenters. The van der Waals surface area contributed by atoms with Crippen LogP contribution in [-0.4, -0.2) is 33.7 Å². The van der Waals surface area contributed by atoms with E-state index in [2.05, 4.69) is 26.0 Å². The van der Waals surface area contributed by atoms with Gasteiger partial charge in [0.1, 0.15) is 0 Å². The summed E-state index contributed by atoms with van der Waals surface area (Å²) in [6, 6.07) is 4.73. The zero-order valence-electron chi connectivity index (χ0n) is 9.54. The molecule has 8 heteroatoms. The number of hydrogen-bond acceptors (Lipinski definition) is 3. The van der Waals surface area contributed by atoms with Crippen molar-refractivity contribution >= 4 is 43.5 Å². The molecule has 5 nitrogen and oxygen atoms in total. The third kappa shape index (κ3) is 4.56. The van der Waals surface area contributed by atoms with Crippen molar-refractivity contribution in [3.8, 4) is 0 Å². The summed E-state index contributed by atoms with van der Waals surface area (Å²) in [7, 11) is -1.98. The SMILES string of the molecule is CNS(=O)(=O)CCNC(=O)c1ccc(Cl)c(Br)c1. The quantitative estimate of drug-likeness (QED) is 0.838. The van der Waals surface area contributed by atoms with Crippen LogP contribution in [0.4, 0.5) is 0 Å². The van der Waals surface area contributed by atoms with Crippen LogP contribution in [0.3, 0.4) is 0 Å². The van der Waals surface area contributed by atoms with Gasteiger partial charge in [-0.05, 0) is 41.2 Å². The molecule has 18 heavy (non-hydrogen) atoms. The van der Waals surface area contributed by atoms with Crippen molar-refractivity contribution in [3.63, 3.8) is 0 Å². The molecule has 0 bridgehead atoms. The van der Waals surface area contributed by atoms with Gasteiger partial charge in [0.15, 0.2) is 0 Å². The van der Waals surface area contributed by atoms with Crippen molar-refractivity contribution in [2.24, 2.45) is 0 Å².